The van der Waals surface area contributed by atoms with E-state index in [0.29, 0.717) is 25.1 Å². The van der Waals surface area contributed by atoms with Crippen LogP contribution < -0.4 is 10.6 Å². The Bertz CT molecular complexity index is 449. The van der Waals surface area contributed by atoms with E-state index in [1.165, 1.54) is 18.9 Å². The van der Waals surface area contributed by atoms with Crippen LogP contribution >= 0.6 is 15.9 Å². The highest BCUT2D eigenvalue weighted by Crippen LogP contribution is 2.27. The second-order valence-corrected chi connectivity index (χ2v) is 5.83. The van der Waals surface area contributed by atoms with E-state index in [0.717, 1.165) is 16.9 Å². The van der Waals surface area contributed by atoms with Gasteiger partial charge in [0.2, 0.25) is 5.91 Å². The summed E-state index contributed by atoms with van der Waals surface area (Å²) in [6.07, 6.45) is 3.05. The third-order valence-corrected chi connectivity index (χ3v) is 3.63. The van der Waals surface area contributed by atoms with E-state index in [-0.39, 0.29) is 11.7 Å². The molecule has 0 spiro atoms. The van der Waals surface area contributed by atoms with Crippen molar-refractivity contribution in [2.75, 3.05) is 19.6 Å². The Balaban J connectivity index is 1.64. The van der Waals surface area contributed by atoms with Gasteiger partial charge in [-0.2, -0.15) is 0 Å². The number of carbonyl (C=O) groups is 1. The van der Waals surface area contributed by atoms with Crippen molar-refractivity contribution in [1.82, 2.24) is 10.6 Å². The van der Waals surface area contributed by atoms with Crippen LogP contribution in [0.15, 0.2) is 22.7 Å². The van der Waals surface area contributed by atoms with Crippen LogP contribution in [0.3, 0.4) is 0 Å². The summed E-state index contributed by atoms with van der Waals surface area (Å²) < 4.78 is 14.3. The lowest BCUT2D eigenvalue weighted by Gasteiger charge is -2.07. The molecule has 0 heterocycles. The van der Waals surface area contributed by atoms with Gasteiger partial charge in [0, 0.05) is 11.0 Å². The molecular formula is C14H18BrFN2O. The second-order valence-electron chi connectivity index (χ2n) is 4.91. The lowest BCUT2D eigenvalue weighted by atomic mass is 10.1. The summed E-state index contributed by atoms with van der Waals surface area (Å²) in [5.74, 6) is 0.504. The van der Waals surface area contributed by atoms with Crippen LogP contribution in [-0.4, -0.2) is 25.5 Å². The molecule has 0 atom stereocenters. The Morgan fingerprint density at radius 2 is 2.21 bits per heavy atom. The number of benzene rings is 1. The van der Waals surface area contributed by atoms with Crippen molar-refractivity contribution in [3.05, 3.63) is 34.1 Å². The average molecular weight is 329 g/mol. The molecule has 1 amide bonds. The summed E-state index contributed by atoms with van der Waals surface area (Å²) in [4.78, 5) is 11.5. The largest absolute Gasteiger partial charge is 0.355 e. The Morgan fingerprint density at radius 3 is 2.95 bits per heavy atom. The molecule has 1 aliphatic carbocycles. The minimum absolute atomic E-state index is 0.0314. The number of rotatable bonds is 7. The quantitative estimate of drug-likeness (QED) is 0.806. The fourth-order valence-electron chi connectivity index (χ4n) is 1.85. The molecule has 0 aliphatic heterocycles. The summed E-state index contributed by atoms with van der Waals surface area (Å²) in [6, 6.07) is 4.84. The zero-order valence-corrected chi connectivity index (χ0v) is 12.3. The van der Waals surface area contributed by atoms with Crippen molar-refractivity contribution in [1.29, 1.82) is 0 Å². The van der Waals surface area contributed by atoms with E-state index in [1.807, 2.05) is 0 Å². The fourth-order valence-corrected chi connectivity index (χ4v) is 2.25. The molecule has 1 fully saturated rings. The molecule has 0 aromatic heterocycles. The SMILES string of the molecule is O=C(CNCC1CC1)NCCc1cc(Br)ccc1F. The molecule has 1 aliphatic rings. The molecule has 2 N–H and O–H groups in total. The van der Waals surface area contributed by atoms with Gasteiger partial charge in [-0.25, -0.2) is 4.39 Å². The number of amides is 1. The van der Waals surface area contributed by atoms with Crippen LogP contribution in [0.4, 0.5) is 4.39 Å². The van der Waals surface area contributed by atoms with Crippen molar-refractivity contribution in [2.24, 2.45) is 5.92 Å². The predicted octanol–water partition coefficient (Wildman–Crippen LogP) is 2.25. The Kier molecular flexibility index (Phi) is 5.34. The first kappa shape index (κ1) is 14.5. The van der Waals surface area contributed by atoms with Gasteiger partial charge in [0.15, 0.2) is 0 Å². The van der Waals surface area contributed by atoms with E-state index in [9.17, 15) is 9.18 Å². The van der Waals surface area contributed by atoms with Crippen molar-refractivity contribution in [3.8, 4) is 0 Å². The van der Waals surface area contributed by atoms with Crippen LogP contribution in [0, 0.1) is 11.7 Å². The summed E-state index contributed by atoms with van der Waals surface area (Å²) in [6.45, 7) is 1.72. The summed E-state index contributed by atoms with van der Waals surface area (Å²) in [5.41, 5.74) is 0.612. The van der Waals surface area contributed by atoms with E-state index >= 15 is 0 Å². The maximum absolute atomic E-state index is 13.4. The van der Waals surface area contributed by atoms with Gasteiger partial charge in [-0.3, -0.25) is 4.79 Å². The average Bonchev–Trinajstić information content (AvgIpc) is 3.18. The topological polar surface area (TPSA) is 41.1 Å². The van der Waals surface area contributed by atoms with Crippen LogP contribution in [0.2, 0.25) is 0 Å². The van der Waals surface area contributed by atoms with E-state index < -0.39 is 0 Å². The molecule has 1 saturated carbocycles. The van der Waals surface area contributed by atoms with Gasteiger partial charge in [0.25, 0.3) is 0 Å². The molecule has 1 aromatic carbocycles. The third kappa shape index (κ3) is 5.28. The number of carbonyl (C=O) groups excluding carboxylic acids is 1. The third-order valence-electron chi connectivity index (χ3n) is 3.14. The summed E-state index contributed by atoms with van der Waals surface area (Å²) in [7, 11) is 0. The molecule has 19 heavy (non-hydrogen) atoms. The first-order valence-corrected chi connectivity index (χ1v) is 7.36. The minimum Gasteiger partial charge on any atom is -0.355 e. The van der Waals surface area contributed by atoms with Gasteiger partial charge < -0.3 is 10.6 Å². The molecule has 104 valence electrons. The Morgan fingerprint density at radius 1 is 1.42 bits per heavy atom. The van der Waals surface area contributed by atoms with Crippen molar-refractivity contribution < 1.29 is 9.18 Å². The first-order chi connectivity index (χ1) is 9.15. The van der Waals surface area contributed by atoms with Crippen LogP contribution in [0.1, 0.15) is 18.4 Å². The predicted molar refractivity (Wildman–Crippen MR) is 76.4 cm³/mol. The first-order valence-electron chi connectivity index (χ1n) is 6.56. The zero-order chi connectivity index (χ0) is 13.7. The molecule has 0 radical (unpaired) electrons. The fraction of sp³-hybridized carbons (Fsp3) is 0.500. The lowest BCUT2D eigenvalue weighted by molar-refractivity contribution is -0.120. The number of halogens is 2. The maximum Gasteiger partial charge on any atom is 0.233 e. The Labute approximate surface area is 121 Å². The standard InChI is InChI=1S/C14H18BrFN2O/c15-12-3-4-13(16)11(7-12)5-6-18-14(19)9-17-8-10-1-2-10/h3-4,7,10,17H,1-2,5-6,8-9H2,(H,18,19). The zero-order valence-electron chi connectivity index (χ0n) is 10.7. The van der Waals surface area contributed by atoms with E-state index in [1.54, 1.807) is 12.1 Å². The maximum atomic E-state index is 13.4. The second kappa shape index (κ2) is 7.01. The molecule has 0 bridgehead atoms. The number of hydrogen-bond acceptors (Lipinski definition) is 2. The van der Waals surface area contributed by atoms with Gasteiger partial charge >= 0.3 is 0 Å². The molecule has 0 saturated heterocycles. The van der Waals surface area contributed by atoms with Crippen LogP contribution in [-0.2, 0) is 11.2 Å². The van der Waals surface area contributed by atoms with Crippen LogP contribution in [0.5, 0.6) is 0 Å². The molecule has 3 nitrogen and oxygen atoms in total. The Hall–Kier alpha value is -0.940. The van der Waals surface area contributed by atoms with Gasteiger partial charge in [0.05, 0.1) is 6.54 Å². The highest BCUT2D eigenvalue weighted by Gasteiger charge is 2.20. The van der Waals surface area contributed by atoms with Crippen molar-refractivity contribution in [2.45, 2.75) is 19.3 Å². The smallest absolute Gasteiger partial charge is 0.233 e. The highest BCUT2D eigenvalue weighted by atomic mass is 79.9. The normalized spacial score (nSPS) is 14.4. The number of hydrogen-bond donors (Lipinski definition) is 2. The van der Waals surface area contributed by atoms with E-state index in [2.05, 4.69) is 26.6 Å². The molecular weight excluding hydrogens is 311 g/mol. The van der Waals surface area contributed by atoms with Crippen LogP contribution in [0.25, 0.3) is 0 Å². The van der Waals surface area contributed by atoms with Gasteiger partial charge in [-0.05, 0) is 55.5 Å². The van der Waals surface area contributed by atoms with Crippen molar-refractivity contribution in [3.63, 3.8) is 0 Å². The van der Waals surface area contributed by atoms with E-state index in [4.69, 9.17) is 0 Å². The van der Waals surface area contributed by atoms with Crippen molar-refractivity contribution >= 4 is 21.8 Å². The lowest BCUT2D eigenvalue weighted by Crippen LogP contribution is -2.35. The molecule has 0 unspecified atom stereocenters. The summed E-state index contributed by atoms with van der Waals surface area (Å²) in [5, 5.41) is 5.91. The monoisotopic (exact) mass is 328 g/mol. The summed E-state index contributed by atoms with van der Waals surface area (Å²) >= 11 is 3.31. The van der Waals surface area contributed by atoms with Gasteiger partial charge in [-0.15, -0.1) is 0 Å². The number of nitrogens with one attached hydrogen (secondary N) is 2. The molecule has 1 aromatic rings. The molecule has 2 rings (SSSR count). The minimum atomic E-state index is -0.232. The highest BCUT2D eigenvalue weighted by molar-refractivity contribution is 9.10. The van der Waals surface area contributed by atoms with Gasteiger partial charge in [-0.1, -0.05) is 15.9 Å². The molecule has 5 heteroatoms. The van der Waals surface area contributed by atoms with Gasteiger partial charge in [0.1, 0.15) is 5.82 Å².